The molecule has 2 aromatic rings. The van der Waals surface area contributed by atoms with Gasteiger partial charge in [0.2, 0.25) is 11.8 Å². The summed E-state index contributed by atoms with van der Waals surface area (Å²) in [5, 5.41) is 3.92. The highest BCUT2D eigenvalue weighted by atomic mass is 19.1. The molecule has 1 amide bonds. The number of hydrogen-bond donors (Lipinski definition) is 0. The molecule has 1 aliphatic heterocycles. The summed E-state index contributed by atoms with van der Waals surface area (Å²) in [4.78, 5) is 21.3. The molecule has 0 unspecified atom stereocenters. The second-order valence-electron chi connectivity index (χ2n) is 6.70. The highest BCUT2D eigenvalue weighted by Crippen LogP contribution is 2.27. The standard InChI is InChI=1S/C19H25FN4O2/c1-3-17-21-16(22-26-17)13-23(2)19(25)18(24-11-5-4-6-12-24)14-7-9-15(20)10-8-14/h7-10,18H,3-6,11-13H2,1-2H3/t18-/m1/s1. The van der Waals surface area contributed by atoms with Crippen LogP contribution < -0.4 is 0 Å². The SMILES string of the molecule is CCc1nc(CN(C)C(=O)[C@@H](c2ccc(F)cc2)N2CCCCC2)no1. The Labute approximate surface area is 153 Å². The number of benzene rings is 1. The third-order valence-electron chi connectivity index (χ3n) is 4.74. The lowest BCUT2D eigenvalue weighted by Gasteiger charge is -2.35. The summed E-state index contributed by atoms with van der Waals surface area (Å²) in [7, 11) is 1.74. The van der Waals surface area contributed by atoms with Gasteiger partial charge in [-0.1, -0.05) is 30.6 Å². The van der Waals surface area contributed by atoms with Crippen molar-refractivity contribution in [3.05, 3.63) is 47.4 Å². The number of halogens is 1. The minimum Gasteiger partial charge on any atom is -0.339 e. The van der Waals surface area contributed by atoms with Gasteiger partial charge in [-0.25, -0.2) is 4.39 Å². The maximum absolute atomic E-state index is 13.3. The summed E-state index contributed by atoms with van der Waals surface area (Å²) in [6.45, 7) is 3.95. The van der Waals surface area contributed by atoms with Gasteiger partial charge in [-0.2, -0.15) is 4.98 Å². The van der Waals surface area contributed by atoms with Crippen LogP contribution in [0.4, 0.5) is 4.39 Å². The zero-order valence-electron chi connectivity index (χ0n) is 15.3. The minimum absolute atomic E-state index is 0.0404. The number of aromatic nitrogens is 2. The summed E-state index contributed by atoms with van der Waals surface area (Å²) in [6.07, 6.45) is 3.98. The lowest BCUT2D eigenvalue weighted by molar-refractivity contribution is -0.137. The molecule has 1 aromatic heterocycles. The van der Waals surface area contributed by atoms with Gasteiger partial charge in [-0.05, 0) is 43.6 Å². The first-order valence-electron chi connectivity index (χ1n) is 9.14. The van der Waals surface area contributed by atoms with Crippen molar-refractivity contribution in [3.8, 4) is 0 Å². The van der Waals surface area contributed by atoms with E-state index in [1.807, 2.05) is 6.92 Å². The van der Waals surface area contributed by atoms with Crippen LogP contribution in [0.2, 0.25) is 0 Å². The van der Waals surface area contributed by atoms with Gasteiger partial charge in [0.05, 0.1) is 6.54 Å². The number of likely N-dealkylation sites (tertiary alicyclic amines) is 1. The molecular formula is C19H25FN4O2. The molecule has 1 saturated heterocycles. The number of likely N-dealkylation sites (N-methyl/N-ethyl adjacent to an activating group) is 1. The van der Waals surface area contributed by atoms with Gasteiger partial charge in [0.25, 0.3) is 0 Å². The van der Waals surface area contributed by atoms with E-state index < -0.39 is 6.04 Å². The van der Waals surface area contributed by atoms with Crippen molar-refractivity contribution in [1.82, 2.24) is 19.9 Å². The van der Waals surface area contributed by atoms with Gasteiger partial charge in [-0.3, -0.25) is 9.69 Å². The predicted molar refractivity (Wildman–Crippen MR) is 94.7 cm³/mol. The van der Waals surface area contributed by atoms with Crippen molar-refractivity contribution in [2.45, 2.75) is 45.2 Å². The number of nitrogens with zero attached hydrogens (tertiary/aromatic N) is 4. The van der Waals surface area contributed by atoms with E-state index in [-0.39, 0.29) is 18.3 Å². The number of rotatable bonds is 6. The first-order valence-corrected chi connectivity index (χ1v) is 9.14. The Morgan fingerprint density at radius 2 is 1.96 bits per heavy atom. The first-order chi connectivity index (χ1) is 12.6. The molecular weight excluding hydrogens is 335 g/mol. The fourth-order valence-corrected chi connectivity index (χ4v) is 3.33. The third-order valence-corrected chi connectivity index (χ3v) is 4.74. The van der Waals surface area contributed by atoms with Crippen LogP contribution in [0.25, 0.3) is 0 Å². The Hall–Kier alpha value is -2.28. The summed E-state index contributed by atoms with van der Waals surface area (Å²) >= 11 is 0. The molecule has 0 N–H and O–H groups in total. The predicted octanol–water partition coefficient (Wildman–Crippen LogP) is 2.96. The molecule has 140 valence electrons. The smallest absolute Gasteiger partial charge is 0.244 e. The summed E-state index contributed by atoms with van der Waals surface area (Å²) in [5.41, 5.74) is 0.813. The average molecular weight is 360 g/mol. The monoisotopic (exact) mass is 360 g/mol. The number of carbonyl (C=O) groups is 1. The van der Waals surface area contributed by atoms with E-state index >= 15 is 0 Å². The van der Waals surface area contributed by atoms with Crippen molar-refractivity contribution in [1.29, 1.82) is 0 Å². The molecule has 2 heterocycles. The number of carbonyl (C=O) groups excluding carboxylic acids is 1. The van der Waals surface area contributed by atoms with Gasteiger partial charge in [0, 0.05) is 13.5 Å². The Kier molecular flexibility index (Phi) is 5.98. The normalized spacial score (nSPS) is 16.4. The van der Waals surface area contributed by atoms with E-state index in [2.05, 4.69) is 15.0 Å². The van der Waals surface area contributed by atoms with Gasteiger partial charge < -0.3 is 9.42 Å². The van der Waals surface area contributed by atoms with Gasteiger partial charge in [0.15, 0.2) is 5.82 Å². The van der Waals surface area contributed by atoms with E-state index in [4.69, 9.17) is 4.52 Å². The lowest BCUT2D eigenvalue weighted by Crippen LogP contribution is -2.43. The Bertz CT molecular complexity index is 725. The average Bonchev–Trinajstić information content (AvgIpc) is 3.12. The molecule has 7 heteroatoms. The second-order valence-corrected chi connectivity index (χ2v) is 6.70. The molecule has 0 radical (unpaired) electrons. The molecule has 26 heavy (non-hydrogen) atoms. The van der Waals surface area contributed by atoms with Crippen LogP contribution in [0.1, 0.15) is 49.5 Å². The topological polar surface area (TPSA) is 62.5 Å². The van der Waals surface area contributed by atoms with Crippen LogP contribution in [0, 0.1) is 5.82 Å². The van der Waals surface area contributed by atoms with Crippen LogP contribution in [-0.2, 0) is 17.8 Å². The Morgan fingerprint density at radius 3 is 2.58 bits per heavy atom. The summed E-state index contributed by atoms with van der Waals surface area (Å²) < 4.78 is 18.5. The fraction of sp³-hybridized carbons (Fsp3) is 0.526. The van der Waals surface area contributed by atoms with E-state index in [9.17, 15) is 9.18 Å². The highest BCUT2D eigenvalue weighted by molar-refractivity contribution is 5.83. The van der Waals surface area contributed by atoms with Crippen molar-refractivity contribution >= 4 is 5.91 Å². The van der Waals surface area contributed by atoms with E-state index in [0.29, 0.717) is 18.1 Å². The van der Waals surface area contributed by atoms with Crippen molar-refractivity contribution in [2.75, 3.05) is 20.1 Å². The maximum Gasteiger partial charge on any atom is 0.244 e. The first kappa shape index (κ1) is 18.5. The zero-order valence-corrected chi connectivity index (χ0v) is 15.3. The number of hydrogen-bond acceptors (Lipinski definition) is 5. The van der Waals surface area contributed by atoms with Crippen molar-refractivity contribution in [2.24, 2.45) is 0 Å². The molecule has 0 saturated carbocycles. The van der Waals surface area contributed by atoms with Gasteiger partial charge >= 0.3 is 0 Å². The molecule has 3 rings (SSSR count). The van der Waals surface area contributed by atoms with Crippen molar-refractivity contribution in [3.63, 3.8) is 0 Å². The van der Waals surface area contributed by atoms with E-state index in [1.165, 1.54) is 18.6 Å². The van der Waals surface area contributed by atoms with Crippen LogP contribution in [0.15, 0.2) is 28.8 Å². The van der Waals surface area contributed by atoms with Crippen LogP contribution >= 0.6 is 0 Å². The second kappa shape index (κ2) is 8.40. The van der Waals surface area contributed by atoms with E-state index in [0.717, 1.165) is 31.5 Å². The number of aryl methyl sites for hydroxylation is 1. The molecule has 0 aliphatic carbocycles. The van der Waals surface area contributed by atoms with Gasteiger partial charge in [-0.15, -0.1) is 0 Å². The van der Waals surface area contributed by atoms with Crippen LogP contribution in [0.3, 0.4) is 0 Å². The summed E-state index contributed by atoms with van der Waals surface area (Å²) in [5.74, 6) is 0.716. The fourth-order valence-electron chi connectivity index (χ4n) is 3.33. The number of piperidine rings is 1. The quantitative estimate of drug-likeness (QED) is 0.793. The molecule has 1 fully saturated rings. The molecule has 0 bridgehead atoms. The Balaban J connectivity index is 1.79. The molecule has 1 aromatic carbocycles. The molecule has 0 spiro atoms. The van der Waals surface area contributed by atoms with Crippen molar-refractivity contribution < 1.29 is 13.7 Å². The molecule has 6 nitrogen and oxygen atoms in total. The third kappa shape index (κ3) is 4.27. The zero-order chi connectivity index (χ0) is 18.5. The minimum atomic E-state index is -0.418. The van der Waals surface area contributed by atoms with E-state index in [1.54, 1.807) is 24.1 Å². The van der Waals surface area contributed by atoms with Gasteiger partial charge in [0.1, 0.15) is 11.9 Å². The summed E-state index contributed by atoms with van der Waals surface area (Å²) in [6, 6.07) is 5.80. The van der Waals surface area contributed by atoms with Crippen LogP contribution in [0.5, 0.6) is 0 Å². The molecule has 1 aliphatic rings. The molecule has 1 atom stereocenters. The largest absolute Gasteiger partial charge is 0.339 e. The van der Waals surface area contributed by atoms with Crippen LogP contribution in [-0.4, -0.2) is 46.0 Å². The number of amides is 1. The maximum atomic E-state index is 13.3. The lowest BCUT2D eigenvalue weighted by atomic mass is 10.0. The highest BCUT2D eigenvalue weighted by Gasteiger charge is 2.31. The Morgan fingerprint density at radius 1 is 1.27 bits per heavy atom.